The van der Waals surface area contributed by atoms with Gasteiger partial charge in [0.05, 0.1) is 6.42 Å². The van der Waals surface area contributed by atoms with Gasteiger partial charge in [-0.25, -0.2) is 0 Å². The van der Waals surface area contributed by atoms with Crippen molar-refractivity contribution in [3.63, 3.8) is 0 Å². The van der Waals surface area contributed by atoms with Crippen LogP contribution in [0.3, 0.4) is 0 Å². The van der Waals surface area contributed by atoms with Crippen LogP contribution in [0.4, 0.5) is 5.69 Å². The minimum absolute atomic E-state index is 0.0708. The summed E-state index contributed by atoms with van der Waals surface area (Å²) in [6.45, 7) is 4.82. The topological polar surface area (TPSA) is 78.4 Å². The molecule has 0 saturated carbocycles. The van der Waals surface area contributed by atoms with Gasteiger partial charge in [-0.05, 0) is 37.1 Å². The molecule has 5 heteroatoms. The predicted octanol–water partition coefficient (Wildman–Crippen LogP) is 3.20. The number of carbonyl (C=O) groups excluding carboxylic acids is 1. The van der Waals surface area contributed by atoms with E-state index in [2.05, 4.69) is 24.5 Å². The number of aryl methyl sites for hydroxylation is 1. The van der Waals surface area contributed by atoms with Crippen LogP contribution >= 0.6 is 0 Å². The second kappa shape index (κ2) is 10.8. The highest BCUT2D eigenvalue weighted by Gasteiger charge is 2.20. The van der Waals surface area contributed by atoms with Crippen LogP contribution in [0.25, 0.3) is 0 Å². The Balaban J connectivity index is 2.42. The van der Waals surface area contributed by atoms with E-state index < -0.39 is 12.0 Å². The van der Waals surface area contributed by atoms with Crippen LogP contribution in [0.2, 0.25) is 0 Å². The SMILES string of the molecule is CCCCCCN[C@H](CC(=O)Nc1ccc(CC)cc1)C(=O)O. The second-order valence-electron chi connectivity index (χ2n) is 5.71. The number of amides is 1. The molecule has 1 aromatic rings. The molecule has 0 radical (unpaired) electrons. The van der Waals surface area contributed by atoms with Gasteiger partial charge in [0.15, 0.2) is 0 Å². The Labute approximate surface area is 138 Å². The van der Waals surface area contributed by atoms with Crippen LogP contribution in [-0.2, 0) is 16.0 Å². The maximum atomic E-state index is 12.0. The average Bonchev–Trinajstić information content (AvgIpc) is 2.54. The molecular formula is C18H28N2O3. The van der Waals surface area contributed by atoms with Crippen LogP contribution in [0, 0.1) is 0 Å². The van der Waals surface area contributed by atoms with Gasteiger partial charge in [-0.3, -0.25) is 9.59 Å². The lowest BCUT2D eigenvalue weighted by Crippen LogP contribution is -2.40. The third kappa shape index (κ3) is 7.79. The van der Waals surface area contributed by atoms with Gasteiger partial charge in [0.2, 0.25) is 5.91 Å². The van der Waals surface area contributed by atoms with E-state index >= 15 is 0 Å². The number of benzene rings is 1. The second-order valence-corrected chi connectivity index (χ2v) is 5.71. The van der Waals surface area contributed by atoms with Gasteiger partial charge >= 0.3 is 5.97 Å². The molecule has 5 nitrogen and oxygen atoms in total. The molecule has 128 valence electrons. The monoisotopic (exact) mass is 320 g/mol. The van der Waals surface area contributed by atoms with Crippen molar-refractivity contribution >= 4 is 17.6 Å². The van der Waals surface area contributed by atoms with Gasteiger partial charge in [0.25, 0.3) is 0 Å². The molecular weight excluding hydrogens is 292 g/mol. The van der Waals surface area contributed by atoms with Gasteiger partial charge in [-0.2, -0.15) is 0 Å². The smallest absolute Gasteiger partial charge is 0.321 e. The van der Waals surface area contributed by atoms with Gasteiger partial charge in [0, 0.05) is 5.69 Å². The lowest BCUT2D eigenvalue weighted by Gasteiger charge is -2.14. The molecule has 0 unspecified atom stereocenters. The first kappa shape index (κ1) is 19.2. The fraction of sp³-hybridized carbons (Fsp3) is 0.556. The van der Waals surface area contributed by atoms with Crippen LogP contribution in [-0.4, -0.2) is 29.6 Å². The number of anilines is 1. The molecule has 0 aliphatic heterocycles. The summed E-state index contributed by atoms with van der Waals surface area (Å²) in [4.78, 5) is 23.3. The Morgan fingerprint density at radius 2 is 1.78 bits per heavy atom. The summed E-state index contributed by atoms with van der Waals surface area (Å²) in [5, 5.41) is 14.9. The first-order valence-electron chi connectivity index (χ1n) is 8.41. The third-order valence-electron chi connectivity index (χ3n) is 3.75. The van der Waals surface area contributed by atoms with E-state index in [0.29, 0.717) is 12.2 Å². The van der Waals surface area contributed by atoms with Gasteiger partial charge in [-0.15, -0.1) is 0 Å². The molecule has 1 amide bonds. The third-order valence-corrected chi connectivity index (χ3v) is 3.75. The predicted molar refractivity (Wildman–Crippen MR) is 92.6 cm³/mol. The summed E-state index contributed by atoms with van der Waals surface area (Å²) in [5.74, 6) is -1.28. The van der Waals surface area contributed by atoms with E-state index in [1.807, 2.05) is 24.3 Å². The molecule has 0 fully saturated rings. The van der Waals surface area contributed by atoms with E-state index in [1.165, 1.54) is 5.56 Å². The van der Waals surface area contributed by atoms with Gasteiger partial charge in [-0.1, -0.05) is 45.2 Å². The van der Waals surface area contributed by atoms with Crippen molar-refractivity contribution in [2.75, 3.05) is 11.9 Å². The van der Waals surface area contributed by atoms with Crippen molar-refractivity contribution in [2.24, 2.45) is 0 Å². The van der Waals surface area contributed by atoms with Crippen LogP contribution in [0.15, 0.2) is 24.3 Å². The average molecular weight is 320 g/mol. The molecule has 1 rings (SSSR count). The summed E-state index contributed by atoms with van der Waals surface area (Å²) in [6, 6.07) is 6.74. The van der Waals surface area contributed by atoms with Crippen LogP contribution < -0.4 is 10.6 Å². The van der Waals surface area contributed by atoms with E-state index in [4.69, 9.17) is 0 Å². The summed E-state index contributed by atoms with van der Waals surface area (Å²) in [5.41, 5.74) is 1.89. The maximum absolute atomic E-state index is 12.0. The van der Waals surface area contributed by atoms with E-state index in [0.717, 1.165) is 32.1 Å². The highest BCUT2D eigenvalue weighted by molar-refractivity contribution is 5.94. The van der Waals surface area contributed by atoms with Crippen molar-refractivity contribution in [3.8, 4) is 0 Å². The molecule has 0 bridgehead atoms. The minimum Gasteiger partial charge on any atom is -0.480 e. The Bertz CT molecular complexity index is 486. The van der Waals surface area contributed by atoms with Crippen LogP contribution in [0.1, 0.15) is 51.5 Å². The Hall–Kier alpha value is -1.88. The summed E-state index contributed by atoms with van der Waals surface area (Å²) < 4.78 is 0. The molecule has 0 aliphatic rings. The van der Waals surface area contributed by atoms with Gasteiger partial charge < -0.3 is 15.7 Å². The van der Waals surface area contributed by atoms with Crippen LogP contribution in [0.5, 0.6) is 0 Å². The van der Waals surface area contributed by atoms with Crippen molar-refractivity contribution in [2.45, 2.75) is 58.4 Å². The maximum Gasteiger partial charge on any atom is 0.321 e. The largest absolute Gasteiger partial charge is 0.480 e. The molecule has 0 saturated heterocycles. The number of hydrogen-bond donors (Lipinski definition) is 3. The normalized spacial score (nSPS) is 11.9. The Morgan fingerprint density at radius 3 is 2.35 bits per heavy atom. The first-order valence-corrected chi connectivity index (χ1v) is 8.41. The molecule has 3 N–H and O–H groups in total. The number of nitrogens with one attached hydrogen (secondary N) is 2. The summed E-state index contributed by atoms with van der Waals surface area (Å²) >= 11 is 0. The molecule has 0 spiro atoms. The first-order chi connectivity index (χ1) is 11.1. The fourth-order valence-corrected chi connectivity index (χ4v) is 2.30. The lowest BCUT2D eigenvalue weighted by atomic mass is 10.1. The molecule has 0 aliphatic carbocycles. The van der Waals surface area contributed by atoms with Crippen molar-refractivity contribution in [1.82, 2.24) is 5.32 Å². The number of carboxylic acids is 1. The number of rotatable bonds is 11. The Kier molecular flexibility index (Phi) is 8.98. The van der Waals surface area contributed by atoms with E-state index in [-0.39, 0.29) is 12.3 Å². The molecule has 0 aromatic heterocycles. The number of aliphatic carboxylic acids is 1. The quantitative estimate of drug-likeness (QED) is 0.547. The zero-order valence-corrected chi connectivity index (χ0v) is 14.1. The number of carbonyl (C=O) groups is 2. The minimum atomic E-state index is -0.989. The van der Waals surface area contributed by atoms with Gasteiger partial charge in [0.1, 0.15) is 6.04 Å². The van der Waals surface area contributed by atoms with Crippen molar-refractivity contribution in [3.05, 3.63) is 29.8 Å². The summed E-state index contributed by atoms with van der Waals surface area (Å²) in [6.07, 6.45) is 5.16. The fourth-order valence-electron chi connectivity index (χ4n) is 2.30. The molecule has 23 heavy (non-hydrogen) atoms. The number of carboxylic acid groups (broad SMARTS) is 1. The number of hydrogen-bond acceptors (Lipinski definition) is 3. The Morgan fingerprint density at radius 1 is 1.09 bits per heavy atom. The highest BCUT2D eigenvalue weighted by Crippen LogP contribution is 2.10. The summed E-state index contributed by atoms with van der Waals surface area (Å²) in [7, 11) is 0. The molecule has 0 heterocycles. The standard InChI is InChI=1S/C18H28N2O3/c1-3-5-6-7-12-19-16(18(22)23)13-17(21)20-15-10-8-14(4-2)9-11-15/h8-11,16,19H,3-7,12-13H2,1-2H3,(H,20,21)(H,22,23)/t16-/m1/s1. The van der Waals surface area contributed by atoms with E-state index in [9.17, 15) is 14.7 Å². The zero-order chi connectivity index (χ0) is 17.1. The zero-order valence-electron chi connectivity index (χ0n) is 14.1. The highest BCUT2D eigenvalue weighted by atomic mass is 16.4. The molecule has 1 atom stereocenters. The molecule has 1 aromatic carbocycles. The van der Waals surface area contributed by atoms with Crippen molar-refractivity contribution < 1.29 is 14.7 Å². The lowest BCUT2D eigenvalue weighted by molar-refractivity contribution is -0.141. The van der Waals surface area contributed by atoms with E-state index in [1.54, 1.807) is 0 Å². The number of unbranched alkanes of at least 4 members (excludes halogenated alkanes) is 3. The van der Waals surface area contributed by atoms with Crippen molar-refractivity contribution in [1.29, 1.82) is 0 Å².